The zero-order chi connectivity index (χ0) is 22.8. The fraction of sp³-hybridized carbons (Fsp3) is 0.500. The Hall–Kier alpha value is -2.53. The summed E-state index contributed by atoms with van der Waals surface area (Å²) in [5, 5.41) is 9.26. The van der Waals surface area contributed by atoms with Crippen molar-refractivity contribution in [2.24, 2.45) is 0 Å². The van der Waals surface area contributed by atoms with Gasteiger partial charge in [-0.2, -0.15) is 13.2 Å². The van der Waals surface area contributed by atoms with Crippen LogP contribution in [0, 0.1) is 6.92 Å². The number of fused-ring (bicyclic) bond motifs is 2. The molecule has 2 aromatic rings. The number of piperidine rings is 1. The van der Waals surface area contributed by atoms with Crippen molar-refractivity contribution in [3.05, 3.63) is 45.7 Å². The molecule has 0 atom stereocenters. The Kier molecular flexibility index (Phi) is 6.65. The van der Waals surface area contributed by atoms with Crippen molar-refractivity contribution in [1.29, 1.82) is 0 Å². The normalized spacial score (nSPS) is 18.4. The molecular formula is C20H23F3N4O3S. The number of hydrogen-bond donors (Lipinski definition) is 1. The standard InChI is InChI=1S/C18H22N4OS.C2HF3O2/c1-13-19-10-15-16(20-13)18(12-21(2)17(15)23)5-7-22(8-6-18)11-14-4-3-9-24-14;3-2(4,5)1(6)7/h3-4,9-10H,5-8,11-12H2,1-2H3;(H,6,7). The molecule has 4 heterocycles. The number of carboxylic acid groups (broad SMARTS) is 1. The minimum atomic E-state index is -5.08. The van der Waals surface area contributed by atoms with Gasteiger partial charge < -0.3 is 10.0 Å². The van der Waals surface area contributed by atoms with Crippen LogP contribution in [0.5, 0.6) is 0 Å². The molecule has 0 radical (unpaired) electrons. The van der Waals surface area contributed by atoms with Crippen LogP contribution in [0.4, 0.5) is 13.2 Å². The van der Waals surface area contributed by atoms with Crippen molar-refractivity contribution in [1.82, 2.24) is 19.8 Å². The van der Waals surface area contributed by atoms with E-state index in [1.165, 1.54) is 4.88 Å². The summed E-state index contributed by atoms with van der Waals surface area (Å²) in [5.74, 6) is -1.95. The Morgan fingerprint density at radius 3 is 2.52 bits per heavy atom. The van der Waals surface area contributed by atoms with Gasteiger partial charge in [0.2, 0.25) is 0 Å². The lowest BCUT2D eigenvalue weighted by Gasteiger charge is -2.46. The van der Waals surface area contributed by atoms with Gasteiger partial charge >= 0.3 is 12.1 Å². The summed E-state index contributed by atoms with van der Waals surface area (Å²) in [6.07, 6.45) is -1.28. The fourth-order valence-electron chi connectivity index (χ4n) is 3.99. The molecule has 1 fully saturated rings. The number of aromatic nitrogens is 2. The number of amides is 1. The number of thiophene rings is 1. The Bertz CT molecular complexity index is 942. The first-order valence-electron chi connectivity index (χ1n) is 9.66. The Balaban J connectivity index is 0.000000339. The summed E-state index contributed by atoms with van der Waals surface area (Å²) in [4.78, 5) is 36.1. The van der Waals surface area contributed by atoms with Crippen LogP contribution in [-0.2, 0) is 16.8 Å². The van der Waals surface area contributed by atoms with Crippen molar-refractivity contribution < 1.29 is 27.9 Å². The maximum atomic E-state index is 12.5. The van der Waals surface area contributed by atoms with Gasteiger partial charge in [-0.25, -0.2) is 14.8 Å². The quantitative estimate of drug-likeness (QED) is 0.748. The zero-order valence-corrected chi connectivity index (χ0v) is 18.0. The first-order valence-corrected chi connectivity index (χ1v) is 10.5. The van der Waals surface area contributed by atoms with E-state index in [-0.39, 0.29) is 11.3 Å². The number of likely N-dealkylation sites (N-methyl/N-ethyl adjacent to an activating group) is 1. The predicted octanol–water partition coefficient (Wildman–Crippen LogP) is 3.10. The zero-order valence-electron chi connectivity index (χ0n) is 17.1. The molecule has 1 saturated heterocycles. The third kappa shape index (κ3) is 5.21. The Labute approximate surface area is 181 Å². The number of rotatable bonds is 2. The predicted molar refractivity (Wildman–Crippen MR) is 108 cm³/mol. The SMILES string of the molecule is Cc1ncc2c(n1)C1(CCN(Cc3cccs3)CC1)CN(C)C2=O.O=C(O)C(F)(F)F. The summed E-state index contributed by atoms with van der Waals surface area (Å²) in [7, 11) is 1.89. The summed E-state index contributed by atoms with van der Waals surface area (Å²) < 4.78 is 31.7. The maximum Gasteiger partial charge on any atom is 0.490 e. The topological polar surface area (TPSA) is 86.6 Å². The highest BCUT2D eigenvalue weighted by Crippen LogP contribution is 2.40. The average Bonchev–Trinajstić information content (AvgIpc) is 3.21. The van der Waals surface area contributed by atoms with Gasteiger partial charge in [-0.1, -0.05) is 6.07 Å². The molecule has 0 aromatic carbocycles. The van der Waals surface area contributed by atoms with Crippen LogP contribution in [0.3, 0.4) is 0 Å². The number of aryl methyl sites for hydroxylation is 1. The van der Waals surface area contributed by atoms with Crippen LogP contribution in [0.15, 0.2) is 23.7 Å². The van der Waals surface area contributed by atoms with E-state index in [0.29, 0.717) is 5.56 Å². The van der Waals surface area contributed by atoms with Crippen LogP contribution in [0.2, 0.25) is 0 Å². The second-order valence-electron chi connectivity index (χ2n) is 7.78. The third-order valence-electron chi connectivity index (χ3n) is 5.54. The first kappa shape index (κ1) is 23.1. The van der Waals surface area contributed by atoms with Crippen molar-refractivity contribution in [3.8, 4) is 0 Å². The molecule has 0 aliphatic carbocycles. The van der Waals surface area contributed by atoms with Gasteiger partial charge in [0.05, 0.1) is 11.3 Å². The van der Waals surface area contributed by atoms with Gasteiger partial charge in [0.15, 0.2) is 0 Å². The van der Waals surface area contributed by atoms with Gasteiger partial charge in [0.1, 0.15) is 5.82 Å². The molecule has 4 rings (SSSR count). The van der Waals surface area contributed by atoms with E-state index in [4.69, 9.17) is 14.9 Å². The second kappa shape index (κ2) is 8.91. The highest BCUT2D eigenvalue weighted by molar-refractivity contribution is 7.09. The molecule has 0 saturated carbocycles. The molecule has 31 heavy (non-hydrogen) atoms. The van der Waals surface area contributed by atoms with E-state index >= 15 is 0 Å². The summed E-state index contributed by atoms with van der Waals surface area (Å²) in [6, 6.07) is 4.32. The molecule has 0 unspecified atom stereocenters. The molecule has 7 nitrogen and oxygen atoms in total. The van der Waals surface area contributed by atoms with Gasteiger partial charge in [-0.05, 0) is 44.3 Å². The van der Waals surface area contributed by atoms with E-state index in [2.05, 4.69) is 27.4 Å². The number of carboxylic acids is 1. The van der Waals surface area contributed by atoms with Gasteiger partial charge in [-0.3, -0.25) is 9.69 Å². The lowest BCUT2D eigenvalue weighted by molar-refractivity contribution is -0.192. The lowest BCUT2D eigenvalue weighted by Crippen LogP contribution is -2.53. The molecule has 0 bridgehead atoms. The van der Waals surface area contributed by atoms with E-state index < -0.39 is 12.1 Å². The highest BCUT2D eigenvalue weighted by atomic mass is 32.1. The number of carbonyl (C=O) groups excluding carboxylic acids is 1. The number of carbonyl (C=O) groups is 2. The summed E-state index contributed by atoms with van der Waals surface area (Å²) in [5.41, 5.74) is 1.66. The number of likely N-dealkylation sites (tertiary alicyclic amines) is 1. The molecule has 2 aromatic heterocycles. The molecular weight excluding hydrogens is 433 g/mol. The minimum Gasteiger partial charge on any atom is -0.475 e. The molecule has 2 aliphatic heterocycles. The average molecular weight is 456 g/mol. The Morgan fingerprint density at radius 2 is 1.97 bits per heavy atom. The van der Waals surface area contributed by atoms with Gasteiger partial charge in [0, 0.05) is 36.6 Å². The number of hydrogen-bond acceptors (Lipinski definition) is 6. The number of nitrogens with zero attached hydrogens (tertiary/aromatic N) is 4. The van der Waals surface area contributed by atoms with Crippen LogP contribution < -0.4 is 0 Å². The minimum absolute atomic E-state index is 0.0162. The fourth-order valence-corrected chi connectivity index (χ4v) is 4.74. The molecule has 1 spiro atoms. The second-order valence-corrected chi connectivity index (χ2v) is 8.81. The van der Waals surface area contributed by atoms with E-state index in [1.54, 1.807) is 6.20 Å². The molecule has 2 aliphatic rings. The lowest BCUT2D eigenvalue weighted by atomic mass is 9.71. The molecule has 168 valence electrons. The molecule has 1 N–H and O–H groups in total. The van der Waals surface area contributed by atoms with E-state index in [0.717, 1.165) is 50.5 Å². The largest absolute Gasteiger partial charge is 0.490 e. The van der Waals surface area contributed by atoms with Crippen LogP contribution in [-0.4, -0.2) is 69.6 Å². The number of halogens is 3. The smallest absolute Gasteiger partial charge is 0.475 e. The summed E-state index contributed by atoms with van der Waals surface area (Å²) >= 11 is 1.82. The Morgan fingerprint density at radius 1 is 1.32 bits per heavy atom. The van der Waals surface area contributed by atoms with E-state index in [1.807, 2.05) is 30.2 Å². The van der Waals surface area contributed by atoms with Gasteiger partial charge in [0.25, 0.3) is 5.91 Å². The third-order valence-corrected chi connectivity index (χ3v) is 6.40. The van der Waals surface area contributed by atoms with Gasteiger partial charge in [-0.15, -0.1) is 11.3 Å². The van der Waals surface area contributed by atoms with Crippen molar-refractivity contribution >= 4 is 23.2 Å². The van der Waals surface area contributed by atoms with Crippen molar-refractivity contribution in [2.45, 2.75) is 37.9 Å². The van der Waals surface area contributed by atoms with Crippen LogP contribution in [0.1, 0.15) is 39.6 Å². The van der Waals surface area contributed by atoms with Crippen molar-refractivity contribution in [3.63, 3.8) is 0 Å². The molecule has 1 amide bonds. The molecule has 11 heteroatoms. The monoisotopic (exact) mass is 456 g/mol. The number of aliphatic carboxylic acids is 1. The van der Waals surface area contributed by atoms with Crippen LogP contribution >= 0.6 is 11.3 Å². The summed E-state index contributed by atoms with van der Waals surface area (Å²) in [6.45, 7) is 5.79. The highest BCUT2D eigenvalue weighted by Gasteiger charge is 2.45. The maximum absolute atomic E-state index is 12.5. The van der Waals surface area contributed by atoms with Crippen molar-refractivity contribution in [2.75, 3.05) is 26.7 Å². The number of alkyl halides is 3. The first-order chi connectivity index (χ1) is 14.5. The van der Waals surface area contributed by atoms with Crippen LogP contribution in [0.25, 0.3) is 0 Å². The van der Waals surface area contributed by atoms with E-state index in [9.17, 15) is 18.0 Å².